The van der Waals surface area contributed by atoms with Gasteiger partial charge in [-0.15, -0.1) is 0 Å². The summed E-state index contributed by atoms with van der Waals surface area (Å²) in [6.45, 7) is 5.05. The minimum Gasteiger partial charge on any atom is -0.465 e. The summed E-state index contributed by atoms with van der Waals surface area (Å²) in [5, 5.41) is 0. The van der Waals surface area contributed by atoms with Crippen LogP contribution in [-0.4, -0.2) is 55.0 Å². The molecule has 2 aliphatic heterocycles. The first-order valence-electron chi connectivity index (χ1n) is 7.21. The Balaban J connectivity index is 2.20. The number of hydrogen-bond acceptors (Lipinski definition) is 6. The molecular weight excluding hydrogens is 262 g/mol. The van der Waals surface area contributed by atoms with Crippen LogP contribution in [0.25, 0.3) is 0 Å². The van der Waals surface area contributed by atoms with Crippen LogP contribution in [0.3, 0.4) is 0 Å². The zero-order valence-corrected chi connectivity index (χ0v) is 12.0. The first-order valence-corrected chi connectivity index (χ1v) is 7.21. The molecule has 0 N–H and O–H groups in total. The third-order valence-electron chi connectivity index (χ3n) is 3.98. The van der Waals surface area contributed by atoms with Gasteiger partial charge in [0.2, 0.25) is 0 Å². The predicted molar refractivity (Wildman–Crippen MR) is 69.8 cm³/mol. The summed E-state index contributed by atoms with van der Waals surface area (Å²) < 4.78 is 9.96. The number of nitrogens with zero attached hydrogens (tertiary/aromatic N) is 1. The molecule has 0 aromatic carbocycles. The molecule has 6 nitrogen and oxygen atoms in total. The van der Waals surface area contributed by atoms with E-state index >= 15 is 0 Å². The Morgan fingerprint density at radius 3 is 2.50 bits per heavy atom. The van der Waals surface area contributed by atoms with Crippen LogP contribution in [-0.2, 0) is 23.9 Å². The highest BCUT2D eigenvalue weighted by Crippen LogP contribution is 2.33. The molecule has 2 fully saturated rings. The van der Waals surface area contributed by atoms with Crippen LogP contribution in [0, 0.1) is 11.8 Å². The van der Waals surface area contributed by atoms with E-state index in [2.05, 4.69) is 0 Å². The molecule has 6 heteroatoms. The molecule has 0 radical (unpaired) electrons. The summed E-state index contributed by atoms with van der Waals surface area (Å²) >= 11 is 0. The number of rotatable bonds is 4. The predicted octanol–water partition coefficient (Wildman–Crippen LogP) is 0.392. The van der Waals surface area contributed by atoms with E-state index in [4.69, 9.17) is 9.47 Å². The third-order valence-corrected chi connectivity index (χ3v) is 3.98. The normalized spacial score (nSPS) is 29.9. The lowest BCUT2D eigenvalue weighted by atomic mass is 9.82. The number of carbonyl (C=O) groups is 3. The van der Waals surface area contributed by atoms with Crippen molar-refractivity contribution in [3.05, 3.63) is 0 Å². The lowest BCUT2D eigenvalue weighted by molar-refractivity contribution is -0.164. The van der Waals surface area contributed by atoms with Gasteiger partial charge in [0.25, 0.3) is 0 Å². The van der Waals surface area contributed by atoms with Crippen LogP contribution in [0.2, 0.25) is 0 Å². The lowest BCUT2D eigenvalue weighted by Gasteiger charge is -2.37. The molecule has 2 aliphatic rings. The number of ether oxygens (including phenoxy) is 2. The van der Waals surface area contributed by atoms with Gasteiger partial charge in [0.1, 0.15) is 11.8 Å². The molecule has 20 heavy (non-hydrogen) atoms. The summed E-state index contributed by atoms with van der Waals surface area (Å²) in [5.74, 6) is -3.09. The highest BCUT2D eigenvalue weighted by Gasteiger charge is 2.51. The van der Waals surface area contributed by atoms with Gasteiger partial charge in [-0.25, -0.2) is 0 Å². The van der Waals surface area contributed by atoms with Crippen molar-refractivity contribution >= 4 is 17.7 Å². The number of hydrogen-bond donors (Lipinski definition) is 0. The summed E-state index contributed by atoms with van der Waals surface area (Å²) in [7, 11) is 0. The van der Waals surface area contributed by atoms with E-state index in [-0.39, 0.29) is 25.0 Å². The van der Waals surface area contributed by atoms with Crippen LogP contribution in [0.4, 0.5) is 0 Å². The Morgan fingerprint density at radius 1 is 1.20 bits per heavy atom. The second-order valence-corrected chi connectivity index (χ2v) is 5.14. The van der Waals surface area contributed by atoms with Crippen LogP contribution in [0.1, 0.15) is 26.7 Å². The molecule has 0 amide bonds. The maximum Gasteiger partial charge on any atom is 0.318 e. The number of piperidine rings is 1. The largest absolute Gasteiger partial charge is 0.465 e. The van der Waals surface area contributed by atoms with E-state index < -0.39 is 23.8 Å². The second-order valence-electron chi connectivity index (χ2n) is 5.14. The Bertz CT molecular complexity index is 408. The molecule has 2 rings (SSSR count). The van der Waals surface area contributed by atoms with E-state index in [0.717, 1.165) is 19.4 Å². The first-order chi connectivity index (χ1) is 9.60. The van der Waals surface area contributed by atoms with E-state index in [1.54, 1.807) is 13.8 Å². The molecule has 2 heterocycles. The molecular formula is C14H21NO5. The summed E-state index contributed by atoms with van der Waals surface area (Å²) in [6.07, 6.45) is 1.73. The molecule has 0 saturated carbocycles. The van der Waals surface area contributed by atoms with E-state index in [1.807, 2.05) is 4.90 Å². The molecule has 112 valence electrons. The van der Waals surface area contributed by atoms with Crippen molar-refractivity contribution in [3.8, 4) is 0 Å². The maximum atomic E-state index is 12.5. The van der Waals surface area contributed by atoms with Crippen molar-refractivity contribution < 1.29 is 23.9 Å². The van der Waals surface area contributed by atoms with Crippen LogP contribution in [0.5, 0.6) is 0 Å². The van der Waals surface area contributed by atoms with Crippen molar-refractivity contribution in [2.45, 2.75) is 32.7 Å². The topological polar surface area (TPSA) is 72.9 Å². The number of carbonyl (C=O) groups excluding carboxylic acids is 3. The van der Waals surface area contributed by atoms with Crippen molar-refractivity contribution in [2.75, 3.05) is 26.3 Å². The highest BCUT2D eigenvalue weighted by atomic mass is 16.5. The Hall–Kier alpha value is -1.43. The van der Waals surface area contributed by atoms with Gasteiger partial charge < -0.3 is 9.47 Å². The fourth-order valence-electron chi connectivity index (χ4n) is 3.13. The van der Waals surface area contributed by atoms with Crippen LogP contribution >= 0.6 is 0 Å². The first kappa shape index (κ1) is 15.0. The molecule has 0 aromatic heterocycles. The number of Topliss-reactive ketones (excluding diaryl/α,β-unsaturated/α-hetero) is 1. The Kier molecular flexibility index (Phi) is 4.75. The van der Waals surface area contributed by atoms with Gasteiger partial charge in [-0.1, -0.05) is 0 Å². The van der Waals surface area contributed by atoms with Crippen molar-refractivity contribution in [1.82, 2.24) is 4.90 Å². The smallest absolute Gasteiger partial charge is 0.318 e. The summed E-state index contributed by atoms with van der Waals surface area (Å²) in [5.41, 5.74) is 0. The zero-order chi connectivity index (χ0) is 14.7. The van der Waals surface area contributed by atoms with E-state index in [0.29, 0.717) is 6.54 Å². The second kappa shape index (κ2) is 6.35. The monoisotopic (exact) mass is 283 g/mol. The van der Waals surface area contributed by atoms with Crippen molar-refractivity contribution in [1.29, 1.82) is 0 Å². The number of esters is 2. The van der Waals surface area contributed by atoms with Gasteiger partial charge in [-0.3, -0.25) is 19.3 Å². The fraction of sp³-hybridized carbons (Fsp3) is 0.786. The minimum absolute atomic E-state index is 0.118. The zero-order valence-electron chi connectivity index (χ0n) is 12.0. The average molecular weight is 283 g/mol. The van der Waals surface area contributed by atoms with Crippen molar-refractivity contribution in [2.24, 2.45) is 11.8 Å². The maximum absolute atomic E-state index is 12.5. The van der Waals surface area contributed by atoms with Gasteiger partial charge in [-0.05, 0) is 33.2 Å². The minimum atomic E-state index is -0.862. The van der Waals surface area contributed by atoms with E-state index in [1.165, 1.54) is 0 Å². The average Bonchev–Trinajstić information content (AvgIpc) is 2.86. The highest BCUT2D eigenvalue weighted by molar-refractivity contribution is 6.09. The molecule has 2 saturated heterocycles. The van der Waals surface area contributed by atoms with Gasteiger partial charge in [0.05, 0.1) is 13.2 Å². The van der Waals surface area contributed by atoms with Gasteiger partial charge >= 0.3 is 11.9 Å². The van der Waals surface area contributed by atoms with E-state index in [9.17, 15) is 14.4 Å². The Morgan fingerprint density at radius 2 is 1.85 bits per heavy atom. The van der Waals surface area contributed by atoms with Gasteiger partial charge in [0, 0.05) is 12.6 Å². The molecule has 0 aliphatic carbocycles. The van der Waals surface area contributed by atoms with Crippen LogP contribution < -0.4 is 0 Å². The summed E-state index contributed by atoms with van der Waals surface area (Å²) in [4.78, 5) is 38.5. The Labute approximate surface area is 118 Å². The molecule has 3 atom stereocenters. The van der Waals surface area contributed by atoms with Gasteiger partial charge in [0.15, 0.2) is 5.78 Å². The number of ketones is 1. The molecule has 0 bridgehead atoms. The molecule has 0 aromatic rings. The van der Waals surface area contributed by atoms with Crippen molar-refractivity contribution in [3.63, 3.8) is 0 Å². The standard InChI is InChI=1S/C14H21NO5/c1-3-19-13(17)9-8-15-7-5-6-10(15)11(12(9)16)14(18)20-4-2/h9-11H,3-8H2,1-2H3/t9-,10-,11+/m1/s1. The lowest BCUT2D eigenvalue weighted by Crippen LogP contribution is -2.56. The molecule has 0 spiro atoms. The fourth-order valence-corrected chi connectivity index (χ4v) is 3.13. The molecule has 0 unspecified atom stereocenters. The SMILES string of the molecule is CCOC(=O)[C@@H]1CN2CCC[C@@H]2[C@H](C(=O)OCC)C1=O. The summed E-state index contributed by atoms with van der Waals surface area (Å²) in [6, 6.07) is -0.118. The quantitative estimate of drug-likeness (QED) is 0.549. The number of fused-ring (bicyclic) bond motifs is 1. The van der Waals surface area contributed by atoms with Crippen LogP contribution in [0.15, 0.2) is 0 Å². The third kappa shape index (κ3) is 2.70. The van der Waals surface area contributed by atoms with Gasteiger partial charge in [-0.2, -0.15) is 0 Å².